The van der Waals surface area contributed by atoms with Crippen molar-refractivity contribution in [1.82, 2.24) is 20.5 Å². The van der Waals surface area contributed by atoms with Crippen LogP contribution in [0.25, 0.3) is 10.2 Å². The lowest BCUT2D eigenvalue weighted by Crippen LogP contribution is -2.50. The van der Waals surface area contributed by atoms with Crippen LogP contribution >= 0.6 is 11.3 Å². The normalized spacial score (nSPS) is 19.2. The van der Waals surface area contributed by atoms with Gasteiger partial charge in [-0.2, -0.15) is 0 Å². The van der Waals surface area contributed by atoms with E-state index < -0.39 is 0 Å². The van der Waals surface area contributed by atoms with Crippen molar-refractivity contribution in [2.24, 2.45) is 0 Å². The smallest absolute Gasteiger partial charge is 0.234 e. The number of para-hydroxylation sites is 1. The predicted molar refractivity (Wildman–Crippen MR) is 104 cm³/mol. The Morgan fingerprint density at radius 3 is 2.96 bits per heavy atom. The lowest BCUT2D eigenvalue weighted by molar-refractivity contribution is -0.122. The summed E-state index contributed by atoms with van der Waals surface area (Å²) < 4.78 is 1.18. The summed E-state index contributed by atoms with van der Waals surface area (Å²) in [5, 5.41) is 7.03. The van der Waals surface area contributed by atoms with Crippen molar-refractivity contribution < 1.29 is 9.59 Å². The van der Waals surface area contributed by atoms with Crippen LogP contribution < -0.4 is 10.6 Å². The summed E-state index contributed by atoms with van der Waals surface area (Å²) in [5.74, 6) is 0.206. The van der Waals surface area contributed by atoms with Crippen molar-refractivity contribution in [1.29, 1.82) is 0 Å². The maximum atomic E-state index is 12.3. The molecule has 0 aliphatic carbocycles. The molecule has 2 heterocycles. The second-order valence-electron chi connectivity index (χ2n) is 7.00. The summed E-state index contributed by atoms with van der Waals surface area (Å²) in [6.07, 6.45) is 1.98. The van der Waals surface area contributed by atoms with Gasteiger partial charge in [0, 0.05) is 32.0 Å². The highest BCUT2D eigenvalue weighted by Gasteiger charge is 2.22. The molecule has 2 N–H and O–H groups in total. The molecule has 1 aromatic carbocycles. The molecule has 26 heavy (non-hydrogen) atoms. The number of hydrogen-bond acceptors (Lipinski definition) is 5. The molecule has 2 atom stereocenters. The van der Waals surface area contributed by atoms with Crippen LogP contribution in [0.1, 0.15) is 37.6 Å². The molecule has 0 spiro atoms. The summed E-state index contributed by atoms with van der Waals surface area (Å²) >= 11 is 1.69. The average molecular weight is 375 g/mol. The highest BCUT2D eigenvalue weighted by molar-refractivity contribution is 7.18. The van der Waals surface area contributed by atoms with Crippen LogP contribution in [0.5, 0.6) is 0 Å². The van der Waals surface area contributed by atoms with E-state index in [1.807, 2.05) is 18.2 Å². The van der Waals surface area contributed by atoms with E-state index in [2.05, 4.69) is 33.5 Å². The highest BCUT2D eigenvalue weighted by Crippen LogP contribution is 2.26. The van der Waals surface area contributed by atoms with E-state index in [0.29, 0.717) is 13.1 Å². The van der Waals surface area contributed by atoms with E-state index in [-0.39, 0.29) is 23.8 Å². The Morgan fingerprint density at radius 1 is 1.38 bits per heavy atom. The van der Waals surface area contributed by atoms with Crippen molar-refractivity contribution in [2.75, 3.05) is 26.2 Å². The third kappa shape index (κ3) is 5.02. The van der Waals surface area contributed by atoms with Crippen molar-refractivity contribution in [3.63, 3.8) is 0 Å². The van der Waals surface area contributed by atoms with Crippen LogP contribution in [0.15, 0.2) is 24.3 Å². The van der Waals surface area contributed by atoms with Gasteiger partial charge in [0.25, 0.3) is 0 Å². The van der Waals surface area contributed by atoms with Crippen LogP contribution in [-0.2, 0) is 9.59 Å². The first-order valence-corrected chi connectivity index (χ1v) is 9.94. The first-order valence-electron chi connectivity index (χ1n) is 9.13. The van der Waals surface area contributed by atoms with E-state index in [4.69, 9.17) is 0 Å². The van der Waals surface area contributed by atoms with Crippen molar-refractivity contribution in [3.05, 3.63) is 29.3 Å². The zero-order chi connectivity index (χ0) is 18.5. The Bertz CT molecular complexity index is 743. The zero-order valence-corrected chi connectivity index (χ0v) is 16.1. The van der Waals surface area contributed by atoms with Gasteiger partial charge in [0.2, 0.25) is 11.8 Å². The zero-order valence-electron chi connectivity index (χ0n) is 15.3. The molecule has 1 aliphatic heterocycles. The van der Waals surface area contributed by atoms with Crippen molar-refractivity contribution in [3.8, 4) is 0 Å². The van der Waals surface area contributed by atoms with E-state index in [9.17, 15) is 9.59 Å². The molecule has 7 heteroatoms. The number of nitrogens with one attached hydrogen (secondary N) is 2. The molecule has 1 aromatic heterocycles. The molecule has 2 aromatic rings. The summed E-state index contributed by atoms with van der Waals surface area (Å²) in [4.78, 5) is 30.3. The summed E-state index contributed by atoms with van der Waals surface area (Å²) in [6.45, 7) is 6.22. The molecule has 6 nitrogen and oxygen atoms in total. The topological polar surface area (TPSA) is 74.3 Å². The SMILES string of the molecule is CC(=O)N[C@@H]1CCCN(CC(=O)NC[C@@H](C)c2nc3ccccc3s2)C1. The molecule has 1 saturated heterocycles. The van der Waals surface area contributed by atoms with Gasteiger partial charge in [0.1, 0.15) is 0 Å². The molecular weight excluding hydrogens is 348 g/mol. The van der Waals surface area contributed by atoms with Gasteiger partial charge in [0.15, 0.2) is 0 Å². The van der Waals surface area contributed by atoms with Gasteiger partial charge in [-0.1, -0.05) is 19.1 Å². The second kappa shape index (κ2) is 8.60. The van der Waals surface area contributed by atoms with Gasteiger partial charge in [-0.3, -0.25) is 14.5 Å². The van der Waals surface area contributed by atoms with Gasteiger partial charge in [-0.25, -0.2) is 4.98 Å². The molecule has 3 rings (SSSR count). The van der Waals surface area contributed by atoms with Gasteiger partial charge in [-0.15, -0.1) is 11.3 Å². The number of piperidine rings is 1. The minimum atomic E-state index is -0.00837. The van der Waals surface area contributed by atoms with Gasteiger partial charge in [-0.05, 0) is 31.5 Å². The first-order chi connectivity index (χ1) is 12.5. The minimum Gasteiger partial charge on any atom is -0.354 e. The molecule has 0 radical (unpaired) electrons. The molecule has 2 amide bonds. The van der Waals surface area contributed by atoms with Gasteiger partial charge >= 0.3 is 0 Å². The monoisotopic (exact) mass is 374 g/mol. The Kier molecular flexibility index (Phi) is 6.21. The maximum absolute atomic E-state index is 12.3. The van der Waals surface area contributed by atoms with E-state index >= 15 is 0 Å². The number of fused-ring (bicyclic) bond motifs is 1. The van der Waals surface area contributed by atoms with E-state index in [1.165, 1.54) is 11.6 Å². The number of nitrogens with zero attached hydrogens (tertiary/aromatic N) is 2. The number of aromatic nitrogens is 1. The standard InChI is InChI=1S/C19H26N4O2S/c1-13(19-22-16-7-3-4-8-17(16)26-19)10-20-18(25)12-23-9-5-6-15(11-23)21-14(2)24/h3-4,7-8,13,15H,5-6,9-12H2,1-2H3,(H,20,25)(H,21,24)/t13-,15-/m1/s1. The molecule has 1 aliphatic rings. The molecule has 0 unspecified atom stereocenters. The number of benzene rings is 1. The summed E-state index contributed by atoms with van der Waals surface area (Å²) in [6, 6.07) is 8.25. The Labute approximate surface area is 158 Å². The van der Waals surface area contributed by atoms with E-state index in [1.54, 1.807) is 11.3 Å². The number of thiazole rings is 1. The Balaban J connectivity index is 1.46. The minimum absolute atomic E-state index is 0.00837. The molecule has 1 fully saturated rings. The number of carbonyl (C=O) groups excluding carboxylic acids is 2. The lowest BCUT2D eigenvalue weighted by atomic mass is 10.1. The third-order valence-corrected chi connectivity index (χ3v) is 5.89. The van der Waals surface area contributed by atoms with E-state index in [0.717, 1.165) is 36.5 Å². The van der Waals surface area contributed by atoms with Crippen molar-refractivity contribution in [2.45, 2.75) is 38.6 Å². The number of amides is 2. The fraction of sp³-hybridized carbons (Fsp3) is 0.526. The number of hydrogen-bond donors (Lipinski definition) is 2. The lowest BCUT2D eigenvalue weighted by Gasteiger charge is -2.32. The van der Waals surface area contributed by atoms with Crippen LogP contribution in [0, 0.1) is 0 Å². The van der Waals surface area contributed by atoms with Crippen LogP contribution in [0.2, 0.25) is 0 Å². The van der Waals surface area contributed by atoms with Crippen LogP contribution in [0.3, 0.4) is 0 Å². The maximum Gasteiger partial charge on any atom is 0.234 e. The van der Waals surface area contributed by atoms with Gasteiger partial charge < -0.3 is 10.6 Å². The average Bonchev–Trinajstić information content (AvgIpc) is 3.03. The van der Waals surface area contributed by atoms with Crippen LogP contribution in [0.4, 0.5) is 0 Å². The van der Waals surface area contributed by atoms with Gasteiger partial charge in [0.05, 0.1) is 21.8 Å². The number of rotatable bonds is 6. The fourth-order valence-corrected chi connectivity index (χ4v) is 4.34. The summed E-state index contributed by atoms with van der Waals surface area (Å²) in [7, 11) is 0. The largest absolute Gasteiger partial charge is 0.354 e. The Morgan fingerprint density at radius 2 is 2.19 bits per heavy atom. The van der Waals surface area contributed by atoms with Crippen LogP contribution in [-0.4, -0.2) is 53.9 Å². The highest BCUT2D eigenvalue weighted by atomic mass is 32.1. The number of carbonyl (C=O) groups is 2. The number of likely N-dealkylation sites (tertiary alicyclic amines) is 1. The summed E-state index contributed by atoms with van der Waals surface area (Å²) in [5.41, 5.74) is 1.02. The first kappa shape index (κ1) is 18.8. The third-order valence-electron chi connectivity index (χ3n) is 4.62. The molecule has 0 saturated carbocycles. The Hall–Kier alpha value is -1.99. The quantitative estimate of drug-likeness (QED) is 0.812. The molecule has 140 valence electrons. The predicted octanol–water partition coefficient (Wildman–Crippen LogP) is 2.12. The molecule has 0 bridgehead atoms. The second-order valence-corrected chi connectivity index (χ2v) is 8.06. The van der Waals surface area contributed by atoms with Crippen molar-refractivity contribution >= 4 is 33.4 Å². The fourth-order valence-electron chi connectivity index (χ4n) is 3.32. The molecular formula is C19H26N4O2S.